The van der Waals surface area contributed by atoms with Gasteiger partial charge in [-0.25, -0.2) is 4.99 Å². The molecule has 0 unspecified atom stereocenters. The molecule has 2 N–H and O–H groups in total. The number of methoxy groups -OCH3 is 1. The Balaban J connectivity index is 2.94. The van der Waals surface area contributed by atoms with Crippen molar-refractivity contribution in [3.8, 4) is 5.75 Å². The molecule has 0 fully saturated rings. The van der Waals surface area contributed by atoms with Gasteiger partial charge in [-0.3, -0.25) is 0 Å². The fourth-order valence-corrected chi connectivity index (χ4v) is 2.05. The third-order valence-corrected chi connectivity index (χ3v) is 2.96. The highest BCUT2D eigenvalue weighted by Gasteiger charge is 2.05. The number of nitrogens with two attached hydrogens (primary N) is 1. The molecular weight excluding hydrogens is 246 g/mol. The lowest BCUT2D eigenvalue weighted by Crippen LogP contribution is -2.11. The molecule has 100 valence electrons. The van der Waals surface area contributed by atoms with Crippen molar-refractivity contribution in [2.45, 2.75) is 13.5 Å². The second-order valence-electron chi connectivity index (χ2n) is 4.12. The van der Waals surface area contributed by atoms with Gasteiger partial charge in [0.25, 0.3) is 0 Å². The SMILES string of the molecule is CCSC(N)=Nc1ccc(CN(C)C)c(OC)c1. The lowest BCUT2D eigenvalue weighted by molar-refractivity contribution is 0.372. The summed E-state index contributed by atoms with van der Waals surface area (Å²) in [7, 11) is 5.73. The lowest BCUT2D eigenvalue weighted by Gasteiger charge is -2.13. The van der Waals surface area contributed by atoms with Crippen LogP contribution >= 0.6 is 11.8 Å². The van der Waals surface area contributed by atoms with E-state index in [-0.39, 0.29) is 0 Å². The average molecular weight is 267 g/mol. The van der Waals surface area contributed by atoms with Crippen molar-refractivity contribution >= 4 is 22.6 Å². The summed E-state index contributed by atoms with van der Waals surface area (Å²) >= 11 is 1.53. The van der Waals surface area contributed by atoms with Crippen molar-refractivity contribution in [3.63, 3.8) is 0 Å². The average Bonchev–Trinajstić information content (AvgIpc) is 2.30. The van der Waals surface area contributed by atoms with E-state index in [9.17, 15) is 0 Å². The zero-order chi connectivity index (χ0) is 13.5. The highest BCUT2D eigenvalue weighted by Crippen LogP contribution is 2.26. The minimum Gasteiger partial charge on any atom is -0.496 e. The number of aliphatic imine (C=N–C) groups is 1. The normalized spacial score (nSPS) is 11.9. The summed E-state index contributed by atoms with van der Waals surface area (Å²) in [6, 6.07) is 5.91. The molecule has 0 saturated carbocycles. The highest BCUT2D eigenvalue weighted by atomic mass is 32.2. The van der Waals surface area contributed by atoms with Crippen molar-refractivity contribution in [3.05, 3.63) is 23.8 Å². The van der Waals surface area contributed by atoms with Crippen LogP contribution in [0.5, 0.6) is 5.75 Å². The fourth-order valence-electron chi connectivity index (χ4n) is 1.58. The van der Waals surface area contributed by atoms with E-state index < -0.39 is 0 Å². The topological polar surface area (TPSA) is 50.8 Å². The second-order valence-corrected chi connectivity index (χ2v) is 5.40. The lowest BCUT2D eigenvalue weighted by atomic mass is 10.1. The van der Waals surface area contributed by atoms with Crippen LogP contribution in [-0.4, -0.2) is 37.0 Å². The third-order valence-electron chi connectivity index (χ3n) is 2.29. The predicted molar refractivity (Wildman–Crippen MR) is 79.8 cm³/mol. The van der Waals surface area contributed by atoms with Crippen LogP contribution in [0.25, 0.3) is 0 Å². The number of benzene rings is 1. The first kappa shape index (κ1) is 14.9. The standard InChI is InChI=1S/C13H21N3OS/c1-5-18-13(14)15-11-7-6-10(9-16(2)3)12(8-11)17-4/h6-8H,5,9H2,1-4H3,(H2,14,15). The molecule has 0 spiro atoms. The third kappa shape index (κ3) is 4.58. The van der Waals surface area contributed by atoms with Gasteiger partial charge in [-0.2, -0.15) is 0 Å². The Labute approximate surface area is 113 Å². The molecule has 0 heterocycles. The van der Waals surface area contributed by atoms with Crippen molar-refractivity contribution in [2.75, 3.05) is 27.0 Å². The summed E-state index contributed by atoms with van der Waals surface area (Å²) in [6.45, 7) is 2.89. The fraction of sp³-hybridized carbons (Fsp3) is 0.462. The van der Waals surface area contributed by atoms with Crippen molar-refractivity contribution in [2.24, 2.45) is 10.7 Å². The number of nitrogens with zero attached hydrogens (tertiary/aromatic N) is 2. The van der Waals surface area contributed by atoms with Gasteiger partial charge in [-0.05, 0) is 25.9 Å². The van der Waals surface area contributed by atoms with Crippen LogP contribution in [0.4, 0.5) is 5.69 Å². The first-order valence-electron chi connectivity index (χ1n) is 5.85. The van der Waals surface area contributed by atoms with E-state index in [1.54, 1.807) is 7.11 Å². The summed E-state index contributed by atoms with van der Waals surface area (Å²) in [5, 5.41) is 0.583. The number of amidine groups is 1. The monoisotopic (exact) mass is 267 g/mol. The molecule has 0 saturated heterocycles. The molecule has 0 radical (unpaired) electrons. The molecule has 0 aliphatic heterocycles. The number of rotatable bonds is 5. The van der Waals surface area contributed by atoms with Gasteiger partial charge >= 0.3 is 0 Å². The second kappa shape index (κ2) is 7.28. The summed E-state index contributed by atoms with van der Waals surface area (Å²) in [6.07, 6.45) is 0. The van der Waals surface area contributed by atoms with E-state index in [1.807, 2.05) is 39.2 Å². The van der Waals surface area contributed by atoms with Crippen molar-refractivity contribution < 1.29 is 4.74 Å². The van der Waals surface area contributed by atoms with Gasteiger partial charge in [0.15, 0.2) is 5.17 Å². The van der Waals surface area contributed by atoms with E-state index >= 15 is 0 Å². The van der Waals surface area contributed by atoms with Crippen LogP contribution in [0.1, 0.15) is 12.5 Å². The zero-order valence-corrected chi connectivity index (χ0v) is 12.3. The van der Waals surface area contributed by atoms with E-state index in [0.29, 0.717) is 5.17 Å². The first-order valence-corrected chi connectivity index (χ1v) is 6.84. The summed E-state index contributed by atoms with van der Waals surface area (Å²) < 4.78 is 5.38. The maximum absolute atomic E-state index is 5.79. The minimum absolute atomic E-state index is 0.583. The van der Waals surface area contributed by atoms with Crippen LogP contribution in [0, 0.1) is 0 Å². The summed E-state index contributed by atoms with van der Waals surface area (Å²) in [5.74, 6) is 1.77. The Morgan fingerprint density at radius 3 is 2.72 bits per heavy atom. The Morgan fingerprint density at radius 1 is 1.44 bits per heavy atom. The molecule has 4 nitrogen and oxygen atoms in total. The smallest absolute Gasteiger partial charge is 0.159 e. The highest BCUT2D eigenvalue weighted by molar-refractivity contribution is 8.13. The number of hydrogen-bond donors (Lipinski definition) is 1. The zero-order valence-electron chi connectivity index (χ0n) is 11.4. The quantitative estimate of drug-likeness (QED) is 0.657. The van der Waals surface area contributed by atoms with E-state index in [2.05, 4.69) is 9.89 Å². The Bertz CT molecular complexity index is 419. The van der Waals surface area contributed by atoms with E-state index in [1.165, 1.54) is 11.8 Å². The molecule has 5 heteroatoms. The first-order chi connectivity index (χ1) is 8.56. The van der Waals surface area contributed by atoms with Crippen LogP contribution in [0.3, 0.4) is 0 Å². The van der Waals surface area contributed by atoms with Crippen molar-refractivity contribution in [1.29, 1.82) is 0 Å². The number of thioether (sulfide) groups is 1. The largest absolute Gasteiger partial charge is 0.496 e. The molecule has 0 aliphatic carbocycles. The molecule has 1 aromatic carbocycles. The Hall–Kier alpha value is -1.20. The predicted octanol–water partition coefficient (Wildman–Crippen LogP) is 2.46. The molecular formula is C13H21N3OS. The van der Waals surface area contributed by atoms with Crippen LogP contribution < -0.4 is 10.5 Å². The molecule has 1 aromatic rings. The minimum atomic E-state index is 0.583. The maximum atomic E-state index is 5.79. The summed E-state index contributed by atoms with van der Waals surface area (Å²) in [5.41, 5.74) is 7.76. The van der Waals surface area contributed by atoms with Gasteiger partial charge in [0.05, 0.1) is 12.8 Å². The Morgan fingerprint density at radius 2 is 2.17 bits per heavy atom. The van der Waals surface area contributed by atoms with Gasteiger partial charge in [-0.1, -0.05) is 24.8 Å². The molecule has 0 atom stereocenters. The summed E-state index contributed by atoms with van der Waals surface area (Å²) in [4.78, 5) is 6.44. The van der Waals surface area contributed by atoms with Crippen LogP contribution in [0.15, 0.2) is 23.2 Å². The molecule has 0 amide bonds. The van der Waals surface area contributed by atoms with Crippen LogP contribution in [0.2, 0.25) is 0 Å². The van der Waals surface area contributed by atoms with Gasteiger partial charge in [0.2, 0.25) is 0 Å². The number of ether oxygens (including phenoxy) is 1. The number of hydrogen-bond acceptors (Lipinski definition) is 4. The molecule has 18 heavy (non-hydrogen) atoms. The Kier molecular flexibility index (Phi) is 6.01. The van der Waals surface area contributed by atoms with Gasteiger partial charge in [0, 0.05) is 18.2 Å². The molecule has 0 aliphatic rings. The molecule has 1 rings (SSSR count). The van der Waals surface area contributed by atoms with E-state index in [0.717, 1.165) is 29.3 Å². The van der Waals surface area contributed by atoms with Gasteiger partial charge in [-0.15, -0.1) is 0 Å². The molecule has 0 bridgehead atoms. The van der Waals surface area contributed by atoms with Crippen molar-refractivity contribution in [1.82, 2.24) is 4.90 Å². The van der Waals surface area contributed by atoms with E-state index in [4.69, 9.17) is 10.5 Å². The molecule has 0 aromatic heterocycles. The van der Waals surface area contributed by atoms with Gasteiger partial charge in [0.1, 0.15) is 5.75 Å². The maximum Gasteiger partial charge on any atom is 0.159 e. The van der Waals surface area contributed by atoms with Gasteiger partial charge < -0.3 is 15.4 Å². The van der Waals surface area contributed by atoms with Crippen LogP contribution in [-0.2, 0) is 6.54 Å².